The Balaban J connectivity index is 1.86. The number of fused-ring (bicyclic) bond motifs is 1. The number of likely N-dealkylation sites (N-methyl/N-ethyl adjacent to an activating group) is 1. The van der Waals surface area contributed by atoms with Crippen LogP contribution in [0.25, 0.3) is 10.8 Å². The average molecular weight is 392 g/mol. The first-order valence-electron chi connectivity index (χ1n) is 9.39. The molecule has 1 aliphatic carbocycles. The predicted octanol–water partition coefficient (Wildman–Crippen LogP) is 1.77. The van der Waals surface area contributed by atoms with Crippen molar-refractivity contribution in [3.05, 3.63) is 22.3 Å². The zero-order valence-corrected chi connectivity index (χ0v) is 17.3. The number of aliphatic hydroxyl groups excluding tert-OH is 2. The second kappa shape index (κ2) is 8.18. The van der Waals surface area contributed by atoms with Gasteiger partial charge in [-0.05, 0) is 40.0 Å². The van der Waals surface area contributed by atoms with E-state index in [0.29, 0.717) is 18.8 Å². The molecule has 1 atom stereocenters. The summed E-state index contributed by atoms with van der Waals surface area (Å²) in [6, 6.07) is 0. The fraction of sp³-hybridized carbons (Fsp3) is 0.632. The van der Waals surface area contributed by atoms with Gasteiger partial charge in [0.1, 0.15) is 12.0 Å². The lowest BCUT2D eigenvalue weighted by atomic mass is 10.1. The molecule has 0 radical (unpaired) electrons. The van der Waals surface area contributed by atoms with Gasteiger partial charge in [0.2, 0.25) is 0 Å². The van der Waals surface area contributed by atoms with Crippen LogP contribution in [0.1, 0.15) is 43.3 Å². The third-order valence-electron chi connectivity index (χ3n) is 4.42. The van der Waals surface area contributed by atoms with Crippen molar-refractivity contribution in [3.63, 3.8) is 0 Å². The molecule has 3 N–H and O–H groups in total. The highest BCUT2D eigenvalue weighted by Crippen LogP contribution is 2.32. The van der Waals surface area contributed by atoms with E-state index in [-0.39, 0.29) is 12.1 Å². The van der Waals surface area contributed by atoms with Gasteiger partial charge in [0.05, 0.1) is 6.54 Å². The molecule has 3 rings (SSSR count). The fourth-order valence-electron chi connectivity index (χ4n) is 3.35. The monoisotopic (exact) mass is 391 g/mol. The highest BCUT2D eigenvalue weighted by molar-refractivity contribution is 7.14. The molecule has 0 saturated heterocycles. The number of anilines is 1. The number of aryl methyl sites for hydroxylation is 1. The molecular formula is C19H29N5O2S. The number of nitrogens with zero attached hydrogens (tertiary/aromatic N) is 4. The van der Waals surface area contributed by atoms with Crippen LogP contribution >= 0.6 is 11.3 Å². The first-order valence-corrected chi connectivity index (χ1v) is 10.2. The molecule has 0 fully saturated rings. The van der Waals surface area contributed by atoms with E-state index in [1.165, 1.54) is 16.9 Å². The molecular weight excluding hydrogens is 362 g/mol. The van der Waals surface area contributed by atoms with Crippen molar-refractivity contribution in [1.82, 2.24) is 20.3 Å². The molecule has 2 heterocycles. The Hall–Kier alpha value is -1.61. The van der Waals surface area contributed by atoms with Crippen LogP contribution < -0.4 is 10.2 Å². The number of aromatic nitrogens is 3. The Bertz CT molecular complexity index is 787. The van der Waals surface area contributed by atoms with Crippen LogP contribution in [0.5, 0.6) is 0 Å². The van der Waals surface area contributed by atoms with Gasteiger partial charge in [-0.15, -0.1) is 11.3 Å². The van der Waals surface area contributed by atoms with E-state index in [1.54, 1.807) is 6.20 Å². The Morgan fingerprint density at radius 3 is 2.78 bits per heavy atom. The third kappa shape index (κ3) is 5.01. The summed E-state index contributed by atoms with van der Waals surface area (Å²) in [6.45, 7) is 6.64. The predicted molar refractivity (Wildman–Crippen MR) is 108 cm³/mol. The Morgan fingerprint density at radius 2 is 2.07 bits per heavy atom. The highest BCUT2D eigenvalue weighted by Gasteiger charge is 2.25. The number of aliphatic hydroxyl groups is 2. The van der Waals surface area contributed by atoms with Gasteiger partial charge in [0.25, 0.3) is 0 Å². The van der Waals surface area contributed by atoms with Crippen LogP contribution in [-0.4, -0.2) is 57.1 Å². The molecule has 8 heteroatoms. The standard InChI is InChI=1S/C19H29N5O2S/c1-19(2,3)23-15(26)11-24(4)17-13-6-5-7-14(13)21-16(22-17)18-20-10-12(27-18)8-9-25/h10,15,23,25-26H,5-9,11H2,1-4H3. The van der Waals surface area contributed by atoms with E-state index < -0.39 is 6.23 Å². The SMILES string of the molecule is CN(CC(O)NC(C)(C)C)c1nc(-c2ncc(CCO)s2)nc2c1CCC2. The normalized spacial score (nSPS) is 15.0. The lowest BCUT2D eigenvalue weighted by Gasteiger charge is -2.29. The van der Waals surface area contributed by atoms with E-state index in [4.69, 9.17) is 15.1 Å². The lowest BCUT2D eigenvalue weighted by Crippen LogP contribution is -2.48. The zero-order chi connectivity index (χ0) is 19.6. The van der Waals surface area contributed by atoms with Crippen LogP contribution in [0.4, 0.5) is 5.82 Å². The average Bonchev–Trinajstić information content (AvgIpc) is 3.20. The van der Waals surface area contributed by atoms with Gasteiger partial charge < -0.3 is 15.1 Å². The van der Waals surface area contributed by atoms with Gasteiger partial charge in [-0.1, -0.05) is 0 Å². The van der Waals surface area contributed by atoms with Crippen LogP contribution in [0.2, 0.25) is 0 Å². The van der Waals surface area contributed by atoms with E-state index in [0.717, 1.165) is 40.7 Å². The van der Waals surface area contributed by atoms with Crippen molar-refractivity contribution in [3.8, 4) is 10.8 Å². The summed E-state index contributed by atoms with van der Waals surface area (Å²) < 4.78 is 0. The summed E-state index contributed by atoms with van der Waals surface area (Å²) in [7, 11) is 1.96. The van der Waals surface area contributed by atoms with Crippen LogP contribution in [0.3, 0.4) is 0 Å². The van der Waals surface area contributed by atoms with Crippen molar-refractivity contribution in [1.29, 1.82) is 0 Å². The molecule has 2 aromatic heterocycles. The van der Waals surface area contributed by atoms with Crippen molar-refractivity contribution in [2.75, 3.05) is 25.1 Å². The van der Waals surface area contributed by atoms with Crippen molar-refractivity contribution in [2.45, 2.75) is 58.2 Å². The summed E-state index contributed by atoms with van der Waals surface area (Å²) in [5.41, 5.74) is 2.10. The summed E-state index contributed by atoms with van der Waals surface area (Å²) in [6.07, 6.45) is 4.72. The molecule has 0 amide bonds. The maximum absolute atomic E-state index is 10.4. The maximum atomic E-state index is 10.4. The van der Waals surface area contributed by atoms with Gasteiger partial charge in [-0.3, -0.25) is 5.32 Å². The second-order valence-electron chi connectivity index (χ2n) is 8.05. The molecule has 2 aromatic rings. The van der Waals surface area contributed by atoms with Crippen molar-refractivity contribution < 1.29 is 10.2 Å². The maximum Gasteiger partial charge on any atom is 0.190 e. The van der Waals surface area contributed by atoms with Crippen LogP contribution in [0, 0.1) is 0 Å². The van der Waals surface area contributed by atoms with Gasteiger partial charge in [0, 0.05) is 47.9 Å². The van der Waals surface area contributed by atoms with Gasteiger partial charge >= 0.3 is 0 Å². The molecule has 7 nitrogen and oxygen atoms in total. The quantitative estimate of drug-likeness (QED) is 0.619. The molecule has 0 spiro atoms. The largest absolute Gasteiger partial charge is 0.396 e. The summed E-state index contributed by atoms with van der Waals surface area (Å²) in [5.74, 6) is 1.51. The van der Waals surface area contributed by atoms with E-state index >= 15 is 0 Å². The summed E-state index contributed by atoms with van der Waals surface area (Å²) >= 11 is 1.52. The number of thiazole rings is 1. The zero-order valence-electron chi connectivity index (χ0n) is 16.5. The van der Waals surface area contributed by atoms with Gasteiger partial charge in [-0.25, -0.2) is 15.0 Å². The third-order valence-corrected chi connectivity index (χ3v) is 5.48. The highest BCUT2D eigenvalue weighted by atomic mass is 32.1. The second-order valence-corrected chi connectivity index (χ2v) is 9.16. The Labute approximate surface area is 164 Å². The first kappa shape index (κ1) is 20.1. The lowest BCUT2D eigenvalue weighted by molar-refractivity contribution is 0.112. The fourth-order valence-corrected chi connectivity index (χ4v) is 4.19. The minimum absolute atomic E-state index is 0.110. The number of nitrogens with one attached hydrogen (secondary N) is 1. The molecule has 0 saturated carbocycles. The smallest absolute Gasteiger partial charge is 0.190 e. The van der Waals surface area contributed by atoms with Crippen LogP contribution in [0.15, 0.2) is 6.20 Å². The number of hydrogen-bond donors (Lipinski definition) is 3. The van der Waals surface area contributed by atoms with E-state index in [2.05, 4.69) is 10.3 Å². The van der Waals surface area contributed by atoms with Crippen molar-refractivity contribution >= 4 is 17.2 Å². The molecule has 1 aliphatic rings. The van der Waals surface area contributed by atoms with E-state index in [9.17, 15) is 5.11 Å². The van der Waals surface area contributed by atoms with Gasteiger partial charge in [-0.2, -0.15) is 0 Å². The Morgan fingerprint density at radius 1 is 1.30 bits per heavy atom. The summed E-state index contributed by atoms with van der Waals surface area (Å²) in [5, 5.41) is 23.5. The van der Waals surface area contributed by atoms with Crippen LogP contribution in [-0.2, 0) is 19.3 Å². The molecule has 0 bridgehead atoms. The molecule has 148 valence electrons. The van der Waals surface area contributed by atoms with Crippen molar-refractivity contribution in [2.24, 2.45) is 0 Å². The molecule has 1 unspecified atom stereocenters. The number of hydrogen-bond acceptors (Lipinski definition) is 8. The van der Waals surface area contributed by atoms with Gasteiger partial charge in [0.15, 0.2) is 10.8 Å². The minimum atomic E-state index is -0.651. The first-order chi connectivity index (χ1) is 12.8. The number of rotatable bonds is 7. The molecule has 0 aromatic carbocycles. The molecule has 0 aliphatic heterocycles. The summed E-state index contributed by atoms with van der Waals surface area (Å²) in [4.78, 5) is 17.0. The molecule has 27 heavy (non-hydrogen) atoms. The topological polar surface area (TPSA) is 94.4 Å². The Kier molecular flexibility index (Phi) is 6.10. The minimum Gasteiger partial charge on any atom is -0.396 e. The van der Waals surface area contributed by atoms with E-state index in [1.807, 2.05) is 32.7 Å².